The fourth-order valence-corrected chi connectivity index (χ4v) is 2.15. The first-order valence-electron chi connectivity index (χ1n) is 6.85. The second kappa shape index (κ2) is 7.39. The molecule has 4 N–H and O–H groups in total. The van der Waals surface area contributed by atoms with Gasteiger partial charge in [0, 0.05) is 22.7 Å². The van der Waals surface area contributed by atoms with Crippen LogP contribution >= 0.6 is 11.6 Å². The molecule has 0 saturated carbocycles. The number of amidine groups is 1. The van der Waals surface area contributed by atoms with Gasteiger partial charge in [0.2, 0.25) is 0 Å². The van der Waals surface area contributed by atoms with E-state index >= 15 is 0 Å². The van der Waals surface area contributed by atoms with Crippen molar-refractivity contribution < 1.29 is 5.21 Å². The summed E-state index contributed by atoms with van der Waals surface area (Å²) in [5, 5.41) is 16.0. The SMILES string of the molecule is Cc1c(Cl)cccc1NCCCCC(C)(C)/C(N)=N/O. The molecule has 1 rings (SSSR count). The highest BCUT2D eigenvalue weighted by Gasteiger charge is 2.22. The lowest BCUT2D eigenvalue weighted by atomic mass is 9.86. The molecular formula is C15H24ClN3O. The van der Waals surface area contributed by atoms with Gasteiger partial charge in [-0.2, -0.15) is 0 Å². The van der Waals surface area contributed by atoms with Crippen LogP contribution < -0.4 is 11.1 Å². The maximum atomic E-state index is 8.72. The molecular weight excluding hydrogens is 274 g/mol. The molecule has 0 aliphatic heterocycles. The molecule has 0 heterocycles. The number of nitrogens with two attached hydrogens (primary N) is 1. The quantitative estimate of drug-likeness (QED) is 0.234. The van der Waals surface area contributed by atoms with E-state index in [1.54, 1.807) is 0 Å². The molecule has 0 radical (unpaired) electrons. The predicted octanol–water partition coefficient (Wildman–Crippen LogP) is 4.00. The zero-order chi connectivity index (χ0) is 15.2. The van der Waals surface area contributed by atoms with Gasteiger partial charge < -0.3 is 16.3 Å². The lowest BCUT2D eigenvalue weighted by Crippen LogP contribution is -2.31. The van der Waals surface area contributed by atoms with Crippen LogP contribution in [0.3, 0.4) is 0 Å². The summed E-state index contributed by atoms with van der Waals surface area (Å²) in [7, 11) is 0. The van der Waals surface area contributed by atoms with Crippen molar-refractivity contribution >= 4 is 23.1 Å². The Balaban J connectivity index is 2.34. The second-order valence-corrected chi connectivity index (χ2v) is 6.07. The van der Waals surface area contributed by atoms with Crippen molar-refractivity contribution in [3.8, 4) is 0 Å². The molecule has 0 aliphatic carbocycles. The fourth-order valence-electron chi connectivity index (χ4n) is 1.98. The highest BCUT2D eigenvalue weighted by molar-refractivity contribution is 6.31. The van der Waals surface area contributed by atoms with E-state index in [0.29, 0.717) is 0 Å². The number of rotatable bonds is 7. The summed E-state index contributed by atoms with van der Waals surface area (Å²) in [6.45, 7) is 6.85. The number of anilines is 1. The highest BCUT2D eigenvalue weighted by Crippen LogP contribution is 2.25. The lowest BCUT2D eigenvalue weighted by Gasteiger charge is -2.22. The van der Waals surface area contributed by atoms with E-state index < -0.39 is 0 Å². The van der Waals surface area contributed by atoms with Gasteiger partial charge in [0.1, 0.15) is 5.84 Å². The molecule has 0 fully saturated rings. The minimum atomic E-state index is -0.263. The van der Waals surface area contributed by atoms with Gasteiger partial charge >= 0.3 is 0 Å². The normalized spacial score (nSPS) is 12.5. The number of unbranched alkanes of at least 4 members (excludes halogenated alkanes) is 1. The Bertz CT molecular complexity index is 472. The van der Waals surface area contributed by atoms with Gasteiger partial charge in [-0.05, 0) is 37.5 Å². The van der Waals surface area contributed by atoms with Crippen LogP contribution in [0.4, 0.5) is 5.69 Å². The second-order valence-electron chi connectivity index (χ2n) is 5.67. The molecule has 1 aromatic carbocycles. The summed E-state index contributed by atoms with van der Waals surface area (Å²) < 4.78 is 0. The van der Waals surface area contributed by atoms with Crippen LogP contribution in [0.15, 0.2) is 23.4 Å². The number of hydrogen-bond donors (Lipinski definition) is 3. The topological polar surface area (TPSA) is 70.6 Å². The third-order valence-corrected chi connectivity index (χ3v) is 4.02. The molecule has 0 amide bonds. The Morgan fingerprint density at radius 2 is 2.10 bits per heavy atom. The van der Waals surface area contributed by atoms with Crippen molar-refractivity contribution in [2.75, 3.05) is 11.9 Å². The van der Waals surface area contributed by atoms with Crippen LogP contribution in [-0.2, 0) is 0 Å². The number of nitrogens with zero attached hydrogens (tertiary/aromatic N) is 1. The van der Waals surface area contributed by atoms with Crippen LogP contribution in [0.5, 0.6) is 0 Å². The van der Waals surface area contributed by atoms with Crippen LogP contribution in [0.1, 0.15) is 38.7 Å². The van der Waals surface area contributed by atoms with E-state index in [1.165, 1.54) is 0 Å². The van der Waals surface area contributed by atoms with E-state index in [1.807, 2.05) is 39.0 Å². The molecule has 0 aromatic heterocycles. The minimum absolute atomic E-state index is 0.263. The monoisotopic (exact) mass is 297 g/mol. The third kappa shape index (κ3) is 4.60. The summed E-state index contributed by atoms with van der Waals surface area (Å²) in [4.78, 5) is 0. The van der Waals surface area contributed by atoms with Crippen LogP contribution in [-0.4, -0.2) is 17.6 Å². The molecule has 4 nitrogen and oxygen atoms in total. The average molecular weight is 298 g/mol. The van der Waals surface area contributed by atoms with Crippen molar-refractivity contribution in [2.24, 2.45) is 16.3 Å². The summed E-state index contributed by atoms with van der Waals surface area (Å²) in [5.41, 5.74) is 7.55. The van der Waals surface area contributed by atoms with Crippen LogP contribution in [0.25, 0.3) is 0 Å². The Morgan fingerprint density at radius 1 is 1.40 bits per heavy atom. The number of hydrogen-bond acceptors (Lipinski definition) is 3. The molecule has 0 unspecified atom stereocenters. The largest absolute Gasteiger partial charge is 0.409 e. The molecule has 0 saturated heterocycles. The van der Waals surface area contributed by atoms with Crippen molar-refractivity contribution in [1.29, 1.82) is 0 Å². The van der Waals surface area contributed by atoms with Crippen molar-refractivity contribution in [1.82, 2.24) is 0 Å². The molecule has 112 valence electrons. The molecule has 0 spiro atoms. The third-order valence-electron chi connectivity index (χ3n) is 3.61. The van der Waals surface area contributed by atoms with Crippen molar-refractivity contribution in [3.05, 3.63) is 28.8 Å². The number of benzene rings is 1. The van der Waals surface area contributed by atoms with E-state index in [2.05, 4.69) is 10.5 Å². The highest BCUT2D eigenvalue weighted by atomic mass is 35.5. The van der Waals surface area contributed by atoms with E-state index in [-0.39, 0.29) is 11.3 Å². The Labute approximate surface area is 126 Å². The Morgan fingerprint density at radius 3 is 2.75 bits per heavy atom. The van der Waals surface area contributed by atoms with Gasteiger partial charge in [-0.25, -0.2) is 0 Å². The first kappa shape index (κ1) is 16.6. The zero-order valence-electron chi connectivity index (χ0n) is 12.4. The molecule has 1 aromatic rings. The van der Waals surface area contributed by atoms with E-state index in [0.717, 1.165) is 42.1 Å². The van der Waals surface area contributed by atoms with Gasteiger partial charge in [-0.15, -0.1) is 0 Å². The molecule has 5 heteroatoms. The molecule has 0 aliphatic rings. The average Bonchev–Trinajstić information content (AvgIpc) is 2.41. The van der Waals surface area contributed by atoms with Crippen LogP contribution in [0, 0.1) is 12.3 Å². The fraction of sp³-hybridized carbons (Fsp3) is 0.533. The van der Waals surface area contributed by atoms with Gasteiger partial charge in [-0.1, -0.05) is 43.1 Å². The van der Waals surface area contributed by atoms with Crippen molar-refractivity contribution in [2.45, 2.75) is 40.0 Å². The summed E-state index contributed by atoms with van der Waals surface area (Å²) in [6, 6.07) is 5.86. The first-order chi connectivity index (χ1) is 9.38. The summed E-state index contributed by atoms with van der Waals surface area (Å²) in [5.74, 6) is 0.288. The maximum Gasteiger partial charge on any atom is 0.144 e. The summed E-state index contributed by atoms with van der Waals surface area (Å²) in [6.07, 6.45) is 2.92. The smallest absolute Gasteiger partial charge is 0.144 e. The van der Waals surface area contributed by atoms with Gasteiger partial charge in [0.25, 0.3) is 0 Å². The zero-order valence-corrected chi connectivity index (χ0v) is 13.2. The van der Waals surface area contributed by atoms with Gasteiger partial charge in [0.05, 0.1) is 0 Å². The molecule has 0 bridgehead atoms. The predicted molar refractivity (Wildman–Crippen MR) is 85.7 cm³/mol. The van der Waals surface area contributed by atoms with E-state index in [9.17, 15) is 0 Å². The molecule has 20 heavy (non-hydrogen) atoms. The molecule has 0 atom stereocenters. The maximum absolute atomic E-state index is 8.72. The van der Waals surface area contributed by atoms with E-state index in [4.69, 9.17) is 22.5 Å². The van der Waals surface area contributed by atoms with Crippen LogP contribution in [0.2, 0.25) is 5.02 Å². The first-order valence-corrected chi connectivity index (χ1v) is 7.23. The van der Waals surface area contributed by atoms with Crippen molar-refractivity contribution in [3.63, 3.8) is 0 Å². The lowest BCUT2D eigenvalue weighted by molar-refractivity contribution is 0.304. The van der Waals surface area contributed by atoms with Gasteiger partial charge in [-0.3, -0.25) is 0 Å². The Kier molecular flexibility index (Phi) is 6.14. The summed E-state index contributed by atoms with van der Waals surface area (Å²) >= 11 is 6.07. The minimum Gasteiger partial charge on any atom is -0.409 e. The standard InChI is InChI=1S/C15H24ClN3O/c1-11-12(16)7-6-8-13(11)18-10-5-4-9-15(2,3)14(17)19-20/h6-8,18,20H,4-5,9-10H2,1-3H3,(H2,17,19). The Hall–Kier alpha value is -1.42. The number of halogens is 1. The van der Waals surface area contributed by atoms with Gasteiger partial charge in [0.15, 0.2) is 0 Å². The number of oxime groups is 1. The number of nitrogens with one attached hydrogen (secondary N) is 1.